The number of nitrogens with zero attached hydrogens (tertiary/aromatic N) is 3. The van der Waals surface area contributed by atoms with Crippen molar-refractivity contribution in [2.24, 2.45) is 5.10 Å². The van der Waals surface area contributed by atoms with Crippen molar-refractivity contribution in [3.05, 3.63) is 40.4 Å². The molecule has 0 aliphatic rings. The topological polar surface area (TPSA) is 55.2 Å². The van der Waals surface area contributed by atoms with Gasteiger partial charge in [-0.05, 0) is 42.8 Å². The molecule has 0 aliphatic heterocycles. The highest BCUT2D eigenvalue weighted by molar-refractivity contribution is 7.71. The summed E-state index contributed by atoms with van der Waals surface area (Å²) in [6.45, 7) is 4.28. The second-order valence-electron chi connectivity index (χ2n) is 4.73. The van der Waals surface area contributed by atoms with E-state index in [4.69, 9.17) is 17.0 Å². The predicted octanol–water partition coefficient (Wildman–Crippen LogP) is 3.74. The van der Waals surface area contributed by atoms with Gasteiger partial charge < -0.3 is 4.74 Å². The van der Waals surface area contributed by atoms with Crippen LogP contribution in [0.3, 0.4) is 0 Å². The number of ether oxygens (including phenoxy) is 1. The standard InChI is InChI=1S/C15H20N4OS/c1-4-12(5-2)14-17-18-15(21)19(14)16-10-11-7-6-8-13(9-11)20-3/h6-10,12H,4-5H2,1-3H3,(H,18,21)/b16-10-. The highest BCUT2D eigenvalue weighted by Gasteiger charge is 2.14. The van der Waals surface area contributed by atoms with Gasteiger partial charge in [-0.15, -0.1) is 0 Å². The SMILES string of the molecule is CCC(CC)c1n[nH]c(=S)n1/N=C\c1cccc(OC)c1. The quantitative estimate of drug-likeness (QED) is 0.653. The van der Waals surface area contributed by atoms with Gasteiger partial charge in [0, 0.05) is 5.92 Å². The Labute approximate surface area is 129 Å². The van der Waals surface area contributed by atoms with Gasteiger partial charge in [-0.25, -0.2) is 0 Å². The first kappa shape index (κ1) is 15.4. The summed E-state index contributed by atoms with van der Waals surface area (Å²) in [7, 11) is 1.65. The van der Waals surface area contributed by atoms with E-state index in [1.165, 1.54) is 0 Å². The van der Waals surface area contributed by atoms with Crippen LogP contribution in [-0.2, 0) is 0 Å². The fraction of sp³-hybridized carbons (Fsp3) is 0.400. The van der Waals surface area contributed by atoms with Gasteiger partial charge in [0.1, 0.15) is 5.75 Å². The van der Waals surface area contributed by atoms with Gasteiger partial charge in [0.15, 0.2) is 5.82 Å². The Hall–Kier alpha value is -1.95. The van der Waals surface area contributed by atoms with E-state index in [9.17, 15) is 0 Å². The number of methoxy groups -OCH3 is 1. The molecule has 1 heterocycles. The van der Waals surface area contributed by atoms with Gasteiger partial charge in [0.25, 0.3) is 0 Å². The lowest BCUT2D eigenvalue weighted by molar-refractivity contribution is 0.414. The van der Waals surface area contributed by atoms with Crippen LogP contribution in [0.1, 0.15) is 44.0 Å². The molecule has 0 fully saturated rings. The molecule has 1 aromatic carbocycles. The van der Waals surface area contributed by atoms with Crippen LogP contribution in [0.2, 0.25) is 0 Å². The molecule has 0 atom stereocenters. The fourth-order valence-electron chi connectivity index (χ4n) is 2.18. The summed E-state index contributed by atoms with van der Waals surface area (Å²) in [5, 5.41) is 11.6. The number of H-pyrrole nitrogens is 1. The molecule has 0 spiro atoms. The van der Waals surface area contributed by atoms with Crippen LogP contribution in [0.15, 0.2) is 29.4 Å². The Balaban J connectivity index is 2.32. The molecule has 1 N–H and O–H groups in total. The number of nitrogens with one attached hydrogen (secondary N) is 1. The van der Waals surface area contributed by atoms with Gasteiger partial charge in [-0.1, -0.05) is 26.0 Å². The van der Waals surface area contributed by atoms with Crippen molar-refractivity contribution in [2.45, 2.75) is 32.6 Å². The second kappa shape index (κ2) is 7.17. The zero-order chi connectivity index (χ0) is 15.2. The summed E-state index contributed by atoms with van der Waals surface area (Å²) in [6.07, 6.45) is 3.77. The summed E-state index contributed by atoms with van der Waals surface area (Å²) < 4.78 is 7.42. The van der Waals surface area contributed by atoms with Crippen molar-refractivity contribution in [3.8, 4) is 5.75 Å². The monoisotopic (exact) mass is 304 g/mol. The first-order valence-electron chi connectivity index (χ1n) is 7.05. The Bertz CT molecular complexity index is 670. The van der Waals surface area contributed by atoms with Crippen LogP contribution in [0.4, 0.5) is 0 Å². The first-order valence-corrected chi connectivity index (χ1v) is 7.46. The van der Waals surface area contributed by atoms with Crippen LogP contribution in [0, 0.1) is 4.77 Å². The molecule has 21 heavy (non-hydrogen) atoms. The molecule has 2 rings (SSSR count). The minimum absolute atomic E-state index is 0.348. The average molecular weight is 304 g/mol. The van der Waals surface area contributed by atoms with E-state index >= 15 is 0 Å². The summed E-state index contributed by atoms with van der Waals surface area (Å²) in [5.41, 5.74) is 0.952. The van der Waals surface area contributed by atoms with Crippen LogP contribution < -0.4 is 4.74 Å². The highest BCUT2D eigenvalue weighted by Crippen LogP contribution is 2.21. The maximum Gasteiger partial charge on any atom is 0.216 e. The Morgan fingerprint density at radius 1 is 1.43 bits per heavy atom. The molecule has 0 bridgehead atoms. The number of benzene rings is 1. The van der Waals surface area contributed by atoms with Crippen molar-refractivity contribution >= 4 is 18.4 Å². The van der Waals surface area contributed by atoms with E-state index in [0.29, 0.717) is 10.7 Å². The van der Waals surface area contributed by atoms with Crippen LogP contribution in [-0.4, -0.2) is 28.2 Å². The summed E-state index contributed by atoms with van der Waals surface area (Å²) in [5.74, 6) is 2.03. The maximum absolute atomic E-state index is 5.26. The maximum atomic E-state index is 5.26. The zero-order valence-electron chi connectivity index (χ0n) is 12.5. The fourth-order valence-corrected chi connectivity index (χ4v) is 2.37. The van der Waals surface area contributed by atoms with Crippen LogP contribution in [0.25, 0.3) is 0 Å². The average Bonchev–Trinajstić information content (AvgIpc) is 2.88. The van der Waals surface area contributed by atoms with Crippen molar-refractivity contribution < 1.29 is 4.74 Å². The highest BCUT2D eigenvalue weighted by atomic mass is 32.1. The number of hydrogen-bond acceptors (Lipinski definition) is 4. The molecule has 0 radical (unpaired) electrons. The van der Waals surface area contributed by atoms with E-state index in [1.54, 1.807) is 18.0 Å². The third-order valence-corrected chi connectivity index (χ3v) is 3.71. The minimum atomic E-state index is 0.348. The summed E-state index contributed by atoms with van der Waals surface area (Å²) >= 11 is 5.26. The third-order valence-electron chi connectivity index (χ3n) is 3.44. The van der Waals surface area contributed by atoms with Crippen molar-refractivity contribution in [1.29, 1.82) is 0 Å². The Morgan fingerprint density at radius 2 is 2.19 bits per heavy atom. The molecule has 0 saturated heterocycles. The molecule has 0 unspecified atom stereocenters. The molecular formula is C15H20N4OS. The second-order valence-corrected chi connectivity index (χ2v) is 5.12. The van der Waals surface area contributed by atoms with Crippen molar-refractivity contribution in [1.82, 2.24) is 14.9 Å². The van der Waals surface area contributed by atoms with Gasteiger partial charge in [-0.2, -0.15) is 14.9 Å². The lowest BCUT2D eigenvalue weighted by Gasteiger charge is -2.10. The first-order chi connectivity index (χ1) is 10.2. The number of hydrogen-bond donors (Lipinski definition) is 1. The molecule has 2 aromatic rings. The molecule has 0 saturated carbocycles. The van der Waals surface area contributed by atoms with E-state index in [1.807, 2.05) is 24.3 Å². The molecule has 1 aromatic heterocycles. The van der Waals surface area contributed by atoms with E-state index < -0.39 is 0 Å². The molecule has 0 aliphatic carbocycles. The van der Waals surface area contributed by atoms with E-state index in [2.05, 4.69) is 29.1 Å². The lowest BCUT2D eigenvalue weighted by atomic mass is 10.0. The van der Waals surface area contributed by atoms with Gasteiger partial charge in [-0.3, -0.25) is 5.10 Å². The molecular weight excluding hydrogens is 284 g/mol. The van der Waals surface area contributed by atoms with Gasteiger partial charge in [0.2, 0.25) is 4.77 Å². The van der Waals surface area contributed by atoms with E-state index in [-0.39, 0.29) is 0 Å². The van der Waals surface area contributed by atoms with Crippen molar-refractivity contribution in [2.75, 3.05) is 7.11 Å². The summed E-state index contributed by atoms with van der Waals surface area (Å²) in [4.78, 5) is 0. The minimum Gasteiger partial charge on any atom is -0.497 e. The smallest absolute Gasteiger partial charge is 0.216 e. The van der Waals surface area contributed by atoms with Crippen molar-refractivity contribution in [3.63, 3.8) is 0 Å². The molecule has 112 valence electrons. The number of aromatic amines is 1. The number of aromatic nitrogens is 3. The van der Waals surface area contributed by atoms with Gasteiger partial charge in [0.05, 0.1) is 13.3 Å². The molecule has 5 nitrogen and oxygen atoms in total. The Morgan fingerprint density at radius 3 is 2.86 bits per heavy atom. The predicted molar refractivity (Wildman–Crippen MR) is 86.7 cm³/mol. The summed E-state index contributed by atoms with van der Waals surface area (Å²) in [6, 6.07) is 7.71. The lowest BCUT2D eigenvalue weighted by Crippen LogP contribution is -2.05. The third kappa shape index (κ3) is 3.58. The number of rotatable bonds is 6. The normalized spacial score (nSPS) is 11.4. The van der Waals surface area contributed by atoms with Crippen LogP contribution in [0.5, 0.6) is 5.75 Å². The van der Waals surface area contributed by atoms with Gasteiger partial charge >= 0.3 is 0 Å². The van der Waals surface area contributed by atoms with Crippen LogP contribution >= 0.6 is 12.2 Å². The molecule has 0 amide bonds. The molecule has 6 heteroatoms. The zero-order valence-corrected chi connectivity index (χ0v) is 13.4. The largest absolute Gasteiger partial charge is 0.497 e. The van der Waals surface area contributed by atoms with E-state index in [0.717, 1.165) is 30.0 Å². The Kier molecular flexibility index (Phi) is 5.27.